The largest absolute Gasteiger partial charge is 0.451 e. The lowest BCUT2D eigenvalue weighted by Crippen LogP contribution is -2.36. The summed E-state index contributed by atoms with van der Waals surface area (Å²) in [7, 11) is 0. The zero-order valence-corrected chi connectivity index (χ0v) is 13.7. The average molecular weight is 332 g/mol. The van der Waals surface area contributed by atoms with E-state index in [4.69, 9.17) is 4.74 Å². The van der Waals surface area contributed by atoms with E-state index in [1.165, 1.54) is 18.7 Å². The first-order valence-corrected chi connectivity index (χ1v) is 7.76. The molecular weight excluding hydrogens is 312 g/mol. The highest BCUT2D eigenvalue weighted by Crippen LogP contribution is 2.13. The van der Waals surface area contributed by atoms with Crippen LogP contribution in [0.5, 0.6) is 0 Å². The summed E-state index contributed by atoms with van der Waals surface area (Å²) in [5.41, 5.74) is 0.926. The fourth-order valence-corrected chi connectivity index (χ4v) is 2.37. The minimum absolute atomic E-state index is 0.0786. The van der Waals surface area contributed by atoms with Crippen molar-refractivity contribution in [2.45, 2.75) is 32.8 Å². The van der Waals surface area contributed by atoms with E-state index in [0.29, 0.717) is 24.2 Å². The van der Waals surface area contributed by atoms with Crippen molar-refractivity contribution in [1.82, 2.24) is 4.90 Å². The van der Waals surface area contributed by atoms with E-state index in [-0.39, 0.29) is 18.2 Å². The summed E-state index contributed by atoms with van der Waals surface area (Å²) in [6, 6.07) is 6.50. The van der Waals surface area contributed by atoms with E-state index in [2.05, 4.69) is 5.32 Å². The van der Waals surface area contributed by atoms with Crippen LogP contribution in [-0.2, 0) is 19.1 Å². The van der Waals surface area contributed by atoms with Gasteiger partial charge in [-0.25, -0.2) is 0 Å². The quantitative estimate of drug-likeness (QED) is 0.627. The molecule has 0 saturated carbocycles. The predicted molar refractivity (Wildman–Crippen MR) is 86.4 cm³/mol. The molecule has 0 aliphatic carbocycles. The van der Waals surface area contributed by atoms with Gasteiger partial charge in [-0.3, -0.25) is 19.2 Å². The monoisotopic (exact) mass is 332 g/mol. The Morgan fingerprint density at radius 2 is 2.08 bits per heavy atom. The molecule has 2 rings (SSSR count). The molecule has 0 aromatic heterocycles. The van der Waals surface area contributed by atoms with Gasteiger partial charge in [0.1, 0.15) is 6.54 Å². The number of likely N-dealkylation sites (tertiary alicyclic amines) is 1. The van der Waals surface area contributed by atoms with E-state index in [1.807, 2.05) is 0 Å². The fourth-order valence-electron chi connectivity index (χ4n) is 2.37. The van der Waals surface area contributed by atoms with Crippen molar-refractivity contribution in [3.8, 4) is 0 Å². The zero-order chi connectivity index (χ0) is 17.7. The number of hydrogen-bond donors (Lipinski definition) is 1. The Hall–Kier alpha value is -2.70. The summed E-state index contributed by atoms with van der Waals surface area (Å²) in [5.74, 6) is -1.31. The first kappa shape index (κ1) is 17.7. The Bertz CT molecular complexity index is 671. The normalized spacial score (nSPS) is 15.1. The maximum absolute atomic E-state index is 12.1. The second-order valence-corrected chi connectivity index (χ2v) is 5.68. The van der Waals surface area contributed by atoms with Crippen LogP contribution < -0.4 is 5.32 Å². The van der Waals surface area contributed by atoms with Gasteiger partial charge in [-0.1, -0.05) is 12.1 Å². The van der Waals surface area contributed by atoms with Crippen LogP contribution >= 0.6 is 0 Å². The number of nitrogens with zero attached hydrogens (tertiary/aromatic N) is 1. The molecule has 1 N–H and O–H groups in total. The van der Waals surface area contributed by atoms with Crippen LogP contribution in [-0.4, -0.2) is 47.7 Å². The number of ether oxygens (including phenoxy) is 1. The van der Waals surface area contributed by atoms with Gasteiger partial charge in [0.25, 0.3) is 5.91 Å². The summed E-state index contributed by atoms with van der Waals surface area (Å²) in [6.45, 7) is 3.28. The minimum Gasteiger partial charge on any atom is -0.451 e. The molecule has 1 fully saturated rings. The van der Waals surface area contributed by atoms with Gasteiger partial charge in [-0.05, 0) is 32.4 Å². The van der Waals surface area contributed by atoms with Crippen molar-refractivity contribution in [3.63, 3.8) is 0 Å². The number of ketones is 1. The van der Waals surface area contributed by atoms with Crippen LogP contribution in [0.3, 0.4) is 0 Å². The van der Waals surface area contributed by atoms with E-state index in [1.54, 1.807) is 24.3 Å². The SMILES string of the molecule is CC(=O)c1cccc(NC(=O)C(C)OC(=O)CN2CCCC2=O)c1. The lowest BCUT2D eigenvalue weighted by Gasteiger charge is -2.17. The molecular formula is C17H20N2O5. The molecule has 1 atom stereocenters. The molecule has 7 heteroatoms. The number of amides is 2. The van der Waals surface area contributed by atoms with Gasteiger partial charge in [0.15, 0.2) is 11.9 Å². The summed E-state index contributed by atoms with van der Waals surface area (Å²) in [5, 5.41) is 2.60. The highest BCUT2D eigenvalue weighted by atomic mass is 16.5. The Morgan fingerprint density at radius 1 is 1.33 bits per heavy atom. The predicted octanol–water partition coefficient (Wildman–Crippen LogP) is 1.38. The van der Waals surface area contributed by atoms with Crippen LogP contribution in [0.1, 0.15) is 37.0 Å². The van der Waals surface area contributed by atoms with Crippen molar-refractivity contribution in [3.05, 3.63) is 29.8 Å². The lowest BCUT2D eigenvalue weighted by atomic mass is 10.1. The number of benzene rings is 1. The van der Waals surface area contributed by atoms with Crippen LogP contribution in [0.15, 0.2) is 24.3 Å². The van der Waals surface area contributed by atoms with Crippen molar-refractivity contribution in [2.75, 3.05) is 18.4 Å². The molecule has 1 heterocycles. The standard InChI is InChI=1S/C17H20N2O5/c1-11(20)13-5-3-6-14(9-13)18-17(23)12(2)24-16(22)10-19-8-4-7-15(19)21/h3,5-6,9,12H,4,7-8,10H2,1-2H3,(H,18,23). The summed E-state index contributed by atoms with van der Waals surface area (Å²) >= 11 is 0. The van der Waals surface area contributed by atoms with Crippen LogP contribution in [0.2, 0.25) is 0 Å². The molecule has 24 heavy (non-hydrogen) atoms. The molecule has 1 aliphatic heterocycles. The molecule has 128 valence electrons. The maximum atomic E-state index is 12.1. The number of carbonyl (C=O) groups excluding carboxylic acids is 4. The van der Waals surface area contributed by atoms with E-state index >= 15 is 0 Å². The number of esters is 1. The van der Waals surface area contributed by atoms with Crippen LogP contribution in [0.4, 0.5) is 5.69 Å². The van der Waals surface area contributed by atoms with Crippen molar-refractivity contribution in [2.24, 2.45) is 0 Å². The number of Topliss-reactive ketones (excluding diaryl/α,β-unsaturated/α-hetero) is 1. The highest BCUT2D eigenvalue weighted by molar-refractivity contribution is 5.98. The Labute approximate surface area is 140 Å². The van der Waals surface area contributed by atoms with Gasteiger partial charge in [0.2, 0.25) is 5.91 Å². The van der Waals surface area contributed by atoms with E-state index in [0.717, 1.165) is 6.42 Å². The molecule has 1 unspecified atom stereocenters. The third kappa shape index (κ3) is 4.65. The first-order valence-electron chi connectivity index (χ1n) is 7.76. The average Bonchev–Trinajstić information content (AvgIpc) is 2.92. The van der Waals surface area contributed by atoms with Crippen molar-refractivity contribution < 1.29 is 23.9 Å². The molecule has 0 spiro atoms. The third-order valence-electron chi connectivity index (χ3n) is 3.71. The van der Waals surface area contributed by atoms with Crippen molar-refractivity contribution >= 4 is 29.3 Å². The van der Waals surface area contributed by atoms with Gasteiger partial charge in [-0.15, -0.1) is 0 Å². The maximum Gasteiger partial charge on any atom is 0.326 e. The van der Waals surface area contributed by atoms with E-state index < -0.39 is 18.0 Å². The molecule has 0 radical (unpaired) electrons. The molecule has 1 saturated heterocycles. The summed E-state index contributed by atoms with van der Waals surface area (Å²) in [4.78, 5) is 48.1. The van der Waals surface area contributed by atoms with Gasteiger partial charge < -0.3 is 15.0 Å². The lowest BCUT2D eigenvalue weighted by molar-refractivity contribution is -0.155. The van der Waals surface area contributed by atoms with E-state index in [9.17, 15) is 19.2 Å². The van der Waals surface area contributed by atoms with Crippen LogP contribution in [0.25, 0.3) is 0 Å². The fraction of sp³-hybridized carbons (Fsp3) is 0.412. The van der Waals surface area contributed by atoms with Gasteiger partial charge in [0.05, 0.1) is 0 Å². The number of anilines is 1. The Kier molecular flexibility index (Phi) is 5.68. The number of rotatable bonds is 6. The number of carbonyl (C=O) groups is 4. The second kappa shape index (κ2) is 7.72. The van der Waals surface area contributed by atoms with Crippen LogP contribution in [0, 0.1) is 0 Å². The Balaban J connectivity index is 1.87. The number of hydrogen-bond acceptors (Lipinski definition) is 5. The summed E-state index contributed by atoms with van der Waals surface area (Å²) in [6.07, 6.45) is 0.168. The Morgan fingerprint density at radius 3 is 2.71 bits per heavy atom. The third-order valence-corrected chi connectivity index (χ3v) is 3.71. The summed E-state index contributed by atoms with van der Waals surface area (Å²) < 4.78 is 5.06. The topological polar surface area (TPSA) is 92.8 Å². The number of nitrogens with one attached hydrogen (secondary N) is 1. The van der Waals surface area contributed by atoms with Crippen molar-refractivity contribution in [1.29, 1.82) is 0 Å². The molecule has 1 aromatic carbocycles. The smallest absolute Gasteiger partial charge is 0.326 e. The molecule has 1 aromatic rings. The minimum atomic E-state index is -1.00. The second-order valence-electron chi connectivity index (χ2n) is 5.68. The highest BCUT2D eigenvalue weighted by Gasteiger charge is 2.25. The molecule has 1 aliphatic rings. The zero-order valence-electron chi connectivity index (χ0n) is 13.7. The molecule has 7 nitrogen and oxygen atoms in total. The molecule has 2 amide bonds. The molecule has 0 bridgehead atoms. The van der Waals surface area contributed by atoms with Gasteiger partial charge >= 0.3 is 5.97 Å². The van der Waals surface area contributed by atoms with Gasteiger partial charge in [-0.2, -0.15) is 0 Å². The van der Waals surface area contributed by atoms with Gasteiger partial charge in [0, 0.05) is 24.2 Å². The first-order chi connectivity index (χ1) is 11.4.